The summed E-state index contributed by atoms with van der Waals surface area (Å²) in [4.78, 5) is 12.8. The highest BCUT2D eigenvalue weighted by atomic mass is 32.2. The van der Waals surface area contributed by atoms with Crippen molar-refractivity contribution in [3.05, 3.63) is 59.9 Å². The van der Waals surface area contributed by atoms with Crippen LogP contribution in [0, 0.1) is 13.8 Å². The van der Waals surface area contributed by atoms with Crippen molar-refractivity contribution in [1.82, 2.24) is 24.7 Å². The summed E-state index contributed by atoms with van der Waals surface area (Å²) in [7, 11) is 0. The number of anilines is 1. The van der Waals surface area contributed by atoms with Gasteiger partial charge in [0.15, 0.2) is 0 Å². The number of amides is 1. The molecule has 0 saturated carbocycles. The zero-order chi connectivity index (χ0) is 20.5. The molecule has 2 aromatic carbocycles. The number of thioether (sulfide) groups is 1. The quantitative estimate of drug-likeness (QED) is 0.389. The Bertz CT molecular complexity index is 1190. The average molecular weight is 408 g/mol. The number of hydrogen-bond acceptors (Lipinski definition) is 6. The smallest absolute Gasteiger partial charge is 0.271 e. The van der Waals surface area contributed by atoms with Gasteiger partial charge in [-0.25, -0.2) is 9.36 Å². The van der Waals surface area contributed by atoms with Crippen molar-refractivity contribution < 1.29 is 4.79 Å². The van der Waals surface area contributed by atoms with Gasteiger partial charge in [-0.05, 0) is 38.3 Å². The zero-order valence-electron chi connectivity index (χ0n) is 16.3. The molecule has 2 aromatic heterocycles. The summed E-state index contributed by atoms with van der Waals surface area (Å²) in [5.41, 5.74) is 2.54. The van der Waals surface area contributed by atoms with E-state index in [1.54, 1.807) is 4.68 Å². The molecule has 0 spiro atoms. The number of fused-ring (bicyclic) bond motifs is 1. The average Bonchev–Trinajstić information content (AvgIpc) is 3.23. The molecule has 0 aliphatic carbocycles. The maximum atomic E-state index is 12.8. The molecule has 29 heavy (non-hydrogen) atoms. The highest BCUT2D eigenvalue weighted by Gasteiger charge is 2.21. The minimum atomic E-state index is -0.422. The number of nitrogens with two attached hydrogens (primary N) is 1. The molecule has 0 unspecified atom stereocenters. The van der Waals surface area contributed by atoms with Crippen LogP contribution in [0.3, 0.4) is 0 Å². The number of carbonyl (C=O) groups excluding carboxylic acids is 1. The van der Waals surface area contributed by atoms with E-state index in [-0.39, 0.29) is 5.91 Å². The van der Waals surface area contributed by atoms with Gasteiger partial charge in [0.05, 0.1) is 10.9 Å². The lowest BCUT2D eigenvalue weighted by Crippen LogP contribution is -2.24. The van der Waals surface area contributed by atoms with Gasteiger partial charge in [0.2, 0.25) is 11.1 Å². The van der Waals surface area contributed by atoms with E-state index in [0.717, 1.165) is 27.8 Å². The van der Waals surface area contributed by atoms with Crippen LogP contribution >= 0.6 is 11.8 Å². The van der Waals surface area contributed by atoms with Crippen molar-refractivity contribution in [1.29, 1.82) is 0 Å². The first-order chi connectivity index (χ1) is 13.9. The van der Waals surface area contributed by atoms with Gasteiger partial charge in [-0.15, -0.1) is 10.2 Å². The predicted octanol–water partition coefficient (Wildman–Crippen LogP) is 3.07. The summed E-state index contributed by atoms with van der Waals surface area (Å²) in [5.74, 6) is 6.43. The van der Waals surface area contributed by atoms with Gasteiger partial charge >= 0.3 is 0 Å². The van der Waals surface area contributed by atoms with Crippen LogP contribution in [0.2, 0.25) is 0 Å². The van der Waals surface area contributed by atoms with Gasteiger partial charge < -0.3 is 11.2 Å². The van der Waals surface area contributed by atoms with Gasteiger partial charge in [0, 0.05) is 16.8 Å². The largest absolute Gasteiger partial charge is 0.334 e. The minimum absolute atomic E-state index is 0.137. The van der Waals surface area contributed by atoms with Crippen LogP contribution in [0.25, 0.3) is 16.7 Å². The summed E-state index contributed by atoms with van der Waals surface area (Å²) < 4.78 is 2.99. The van der Waals surface area contributed by atoms with E-state index in [1.807, 2.05) is 69.3 Å². The second-order valence-electron chi connectivity index (χ2n) is 6.77. The topological polar surface area (TPSA) is 104 Å². The Labute approximate surface area is 172 Å². The summed E-state index contributed by atoms with van der Waals surface area (Å²) in [6.07, 6.45) is 0. The third kappa shape index (κ3) is 3.68. The lowest BCUT2D eigenvalue weighted by molar-refractivity contribution is -0.115. The molecule has 0 radical (unpaired) electrons. The van der Waals surface area contributed by atoms with Crippen LogP contribution in [-0.4, -0.2) is 35.8 Å². The van der Waals surface area contributed by atoms with Gasteiger partial charge in [0.1, 0.15) is 0 Å². The SMILES string of the molecule is Cc1cc(C)n(-c2nnc(S[C@@H](C)C(=O)Nc3cccc4ccccc34)n2N)n1. The highest BCUT2D eigenvalue weighted by molar-refractivity contribution is 8.00. The van der Waals surface area contributed by atoms with Crippen molar-refractivity contribution in [3.63, 3.8) is 0 Å². The van der Waals surface area contributed by atoms with E-state index in [2.05, 4.69) is 20.6 Å². The van der Waals surface area contributed by atoms with E-state index in [0.29, 0.717) is 11.1 Å². The normalized spacial score (nSPS) is 12.2. The van der Waals surface area contributed by atoms with Crippen LogP contribution in [0.4, 0.5) is 5.69 Å². The third-order valence-electron chi connectivity index (χ3n) is 4.54. The first-order valence-electron chi connectivity index (χ1n) is 9.13. The van der Waals surface area contributed by atoms with Crippen LogP contribution in [-0.2, 0) is 4.79 Å². The molecule has 148 valence electrons. The first-order valence-corrected chi connectivity index (χ1v) is 10.0. The number of nitrogen functional groups attached to an aromatic ring is 1. The molecule has 4 aromatic rings. The van der Waals surface area contributed by atoms with E-state index in [9.17, 15) is 4.79 Å². The second kappa shape index (κ2) is 7.59. The van der Waals surface area contributed by atoms with Gasteiger partial charge in [-0.3, -0.25) is 4.79 Å². The molecular formula is C20H21N7OS. The van der Waals surface area contributed by atoms with Crippen LogP contribution in [0.5, 0.6) is 0 Å². The molecule has 0 aliphatic heterocycles. The second-order valence-corrected chi connectivity index (χ2v) is 8.08. The van der Waals surface area contributed by atoms with Crippen LogP contribution in [0.15, 0.2) is 53.7 Å². The Hall–Kier alpha value is -3.33. The third-order valence-corrected chi connectivity index (χ3v) is 5.60. The summed E-state index contributed by atoms with van der Waals surface area (Å²) in [6.45, 7) is 5.63. The summed E-state index contributed by atoms with van der Waals surface area (Å²) >= 11 is 1.24. The number of nitrogens with zero attached hydrogens (tertiary/aromatic N) is 5. The Balaban J connectivity index is 1.51. The van der Waals surface area contributed by atoms with Crippen LogP contribution < -0.4 is 11.2 Å². The van der Waals surface area contributed by atoms with E-state index >= 15 is 0 Å². The maximum absolute atomic E-state index is 12.8. The molecule has 9 heteroatoms. The maximum Gasteiger partial charge on any atom is 0.271 e. The Morgan fingerprint density at radius 1 is 1.14 bits per heavy atom. The Morgan fingerprint density at radius 2 is 1.90 bits per heavy atom. The molecule has 1 atom stereocenters. The number of nitrogens with one attached hydrogen (secondary N) is 1. The monoisotopic (exact) mass is 407 g/mol. The molecule has 0 saturated heterocycles. The Kier molecular flexibility index (Phi) is 4.98. The van der Waals surface area contributed by atoms with E-state index in [1.165, 1.54) is 16.4 Å². The molecular weight excluding hydrogens is 386 g/mol. The minimum Gasteiger partial charge on any atom is -0.334 e. The van der Waals surface area contributed by atoms with Crippen molar-refractivity contribution >= 4 is 34.1 Å². The number of aryl methyl sites for hydroxylation is 2. The molecule has 4 rings (SSSR count). The summed E-state index contributed by atoms with van der Waals surface area (Å²) in [6, 6.07) is 15.7. The molecule has 2 heterocycles. The van der Waals surface area contributed by atoms with Gasteiger partial charge in [-0.1, -0.05) is 48.2 Å². The lowest BCUT2D eigenvalue weighted by Gasteiger charge is -2.13. The van der Waals surface area contributed by atoms with Crippen molar-refractivity contribution in [2.45, 2.75) is 31.2 Å². The lowest BCUT2D eigenvalue weighted by atomic mass is 10.1. The summed E-state index contributed by atoms with van der Waals surface area (Å²) in [5, 5.41) is 17.7. The number of hydrogen-bond donors (Lipinski definition) is 2. The van der Waals surface area contributed by atoms with Crippen molar-refractivity contribution in [2.24, 2.45) is 0 Å². The van der Waals surface area contributed by atoms with E-state index < -0.39 is 5.25 Å². The zero-order valence-corrected chi connectivity index (χ0v) is 17.1. The number of rotatable bonds is 5. The standard InChI is InChI=1S/C20H21N7OS/c1-12-11-13(2)27(25-12)19-23-24-20(26(19)21)29-14(3)18(28)22-17-10-6-8-15-7-4-5-9-16(15)17/h4-11,14H,21H2,1-3H3,(H,22,28)/t14-/m0/s1. The number of benzene rings is 2. The van der Waals surface area contributed by atoms with Crippen molar-refractivity contribution in [3.8, 4) is 5.95 Å². The van der Waals surface area contributed by atoms with Gasteiger partial charge in [0.25, 0.3) is 5.95 Å². The molecule has 0 fully saturated rings. The molecule has 1 amide bonds. The molecule has 0 aliphatic rings. The number of aromatic nitrogens is 5. The fourth-order valence-corrected chi connectivity index (χ4v) is 3.87. The fraction of sp³-hybridized carbons (Fsp3) is 0.200. The molecule has 8 nitrogen and oxygen atoms in total. The number of carbonyl (C=O) groups is 1. The first kappa shape index (κ1) is 19.0. The predicted molar refractivity (Wildman–Crippen MR) is 115 cm³/mol. The molecule has 0 bridgehead atoms. The van der Waals surface area contributed by atoms with Crippen LogP contribution in [0.1, 0.15) is 18.3 Å². The van der Waals surface area contributed by atoms with E-state index in [4.69, 9.17) is 5.84 Å². The molecule has 3 N–H and O–H groups in total. The Morgan fingerprint density at radius 3 is 2.66 bits per heavy atom. The highest BCUT2D eigenvalue weighted by Crippen LogP contribution is 2.26. The van der Waals surface area contributed by atoms with Crippen molar-refractivity contribution in [2.75, 3.05) is 11.2 Å². The fourth-order valence-electron chi connectivity index (χ4n) is 3.11. The van der Waals surface area contributed by atoms with Gasteiger partial charge in [-0.2, -0.15) is 5.10 Å².